The minimum absolute atomic E-state index is 0. The fourth-order valence-corrected chi connectivity index (χ4v) is 4.88. The van der Waals surface area contributed by atoms with E-state index in [1.54, 1.807) is 0 Å². The number of quaternary nitrogens is 1. The van der Waals surface area contributed by atoms with Gasteiger partial charge in [0.05, 0.1) is 0 Å². The summed E-state index contributed by atoms with van der Waals surface area (Å²) in [7, 11) is 0. The molecule has 0 fully saturated rings. The van der Waals surface area contributed by atoms with Gasteiger partial charge >= 0.3 is 0 Å². The molecule has 0 aromatic carbocycles. The highest BCUT2D eigenvalue weighted by molar-refractivity contribution is 9.10. The van der Waals surface area contributed by atoms with Crippen molar-refractivity contribution in [2.24, 2.45) is 0 Å². The highest BCUT2D eigenvalue weighted by Crippen LogP contribution is 2.37. The third-order valence-electron chi connectivity index (χ3n) is 5.94. The number of halogens is 1. The molecule has 0 saturated heterocycles. The first-order valence-corrected chi connectivity index (χ1v) is 13.2. The van der Waals surface area contributed by atoms with Gasteiger partial charge in [-0.25, -0.2) is 0 Å². The molecule has 0 heterocycles. The van der Waals surface area contributed by atoms with Gasteiger partial charge in [-0.1, -0.05) is 152 Å². The largest absolute Gasteiger partial charge is 0.369 e. The van der Waals surface area contributed by atoms with Crippen LogP contribution in [-0.4, -0.2) is 4.32 Å². The van der Waals surface area contributed by atoms with E-state index in [1.807, 2.05) is 0 Å². The molecule has 0 aliphatic heterocycles. The lowest BCUT2D eigenvalue weighted by Gasteiger charge is -2.28. The highest BCUT2D eigenvalue weighted by atomic mass is 79.9. The predicted molar refractivity (Wildman–Crippen MR) is 132 cm³/mol. The van der Waals surface area contributed by atoms with Crippen LogP contribution < -0.4 is 6.15 Å². The molecule has 0 spiro atoms. The smallest absolute Gasteiger partial charge is 0.0258 e. The maximum absolute atomic E-state index is 4.23. The molecule has 0 aliphatic carbocycles. The van der Waals surface area contributed by atoms with Gasteiger partial charge < -0.3 is 6.15 Å². The van der Waals surface area contributed by atoms with Gasteiger partial charge in [0.25, 0.3) is 0 Å². The van der Waals surface area contributed by atoms with Gasteiger partial charge in [-0.2, -0.15) is 0 Å². The van der Waals surface area contributed by atoms with Gasteiger partial charge in [0.15, 0.2) is 0 Å². The molecule has 0 aliphatic rings. The lowest BCUT2D eigenvalue weighted by atomic mass is 9.89. The van der Waals surface area contributed by atoms with Crippen molar-refractivity contribution >= 4 is 15.9 Å². The Morgan fingerprint density at radius 2 is 0.630 bits per heavy atom. The Morgan fingerprint density at radius 1 is 0.407 bits per heavy atom. The van der Waals surface area contributed by atoms with Crippen LogP contribution in [0.2, 0.25) is 0 Å². The summed E-state index contributed by atoms with van der Waals surface area (Å²) in [5.74, 6) is 0. The van der Waals surface area contributed by atoms with Gasteiger partial charge in [-0.15, -0.1) is 0 Å². The Kier molecular flexibility index (Phi) is 24.9. The Hall–Kier alpha value is 0.440. The molecular formula is C25H55BrN+. The molecule has 0 aromatic rings. The average molecular weight is 450 g/mol. The maximum atomic E-state index is 4.23. The third kappa shape index (κ3) is 21.0. The zero-order chi connectivity index (χ0) is 19.3. The van der Waals surface area contributed by atoms with Crippen LogP contribution in [0.3, 0.4) is 0 Å². The topological polar surface area (TPSA) is 36.5 Å². The summed E-state index contributed by atoms with van der Waals surface area (Å²) in [5.41, 5.74) is 0. The lowest BCUT2D eigenvalue weighted by Crippen LogP contribution is -2.20. The van der Waals surface area contributed by atoms with E-state index < -0.39 is 0 Å². The summed E-state index contributed by atoms with van der Waals surface area (Å²) < 4.78 is 0.452. The van der Waals surface area contributed by atoms with Gasteiger partial charge in [0.2, 0.25) is 0 Å². The van der Waals surface area contributed by atoms with Crippen molar-refractivity contribution in [1.82, 2.24) is 6.15 Å². The fraction of sp³-hybridized carbons (Fsp3) is 1.00. The summed E-state index contributed by atoms with van der Waals surface area (Å²) in [4.78, 5) is 0. The molecule has 2 heteroatoms. The van der Waals surface area contributed by atoms with Gasteiger partial charge in [-0.3, -0.25) is 0 Å². The normalized spacial score (nSPS) is 11.6. The molecule has 1 nitrogen and oxygen atoms in total. The van der Waals surface area contributed by atoms with Crippen LogP contribution in [0.4, 0.5) is 0 Å². The van der Waals surface area contributed by atoms with Crippen LogP contribution in [0.1, 0.15) is 156 Å². The minimum Gasteiger partial charge on any atom is -0.369 e. The van der Waals surface area contributed by atoms with E-state index in [1.165, 1.54) is 135 Å². The lowest BCUT2D eigenvalue weighted by molar-refractivity contribution is 0.411. The molecule has 0 aromatic heterocycles. The first-order chi connectivity index (χ1) is 12.7. The van der Waals surface area contributed by atoms with Crippen LogP contribution in [0.15, 0.2) is 0 Å². The minimum atomic E-state index is 0. The number of unbranched alkanes of at least 4 members (excludes halogenated alkanes) is 15. The second-order valence-electron chi connectivity index (χ2n) is 8.70. The molecule has 0 rings (SSSR count). The Balaban J connectivity index is 0. The van der Waals surface area contributed by atoms with Crippen LogP contribution in [0.5, 0.6) is 0 Å². The van der Waals surface area contributed by atoms with Crippen molar-refractivity contribution in [3.63, 3.8) is 0 Å². The number of hydrogen-bond acceptors (Lipinski definition) is 0. The standard InChI is InChI=1S/C25H51Br.H3N/c1-4-7-10-13-16-19-22-25(26,23-20-17-14-11-8-5-2)24-21-18-15-12-9-6-3;/h4-24H2,1-3H3;1H3/p+1. The van der Waals surface area contributed by atoms with Crippen LogP contribution in [0, 0.1) is 0 Å². The molecule has 27 heavy (non-hydrogen) atoms. The predicted octanol–water partition coefficient (Wildman–Crippen LogP) is 10.7. The van der Waals surface area contributed by atoms with E-state index >= 15 is 0 Å². The number of hydrogen-bond donors (Lipinski definition) is 1. The fourth-order valence-electron chi connectivity index (χ4n) is 4.04. The van der Waals surface area contributed by atoms with E-state index in [9.17, 15) is 0 Å². The quantitative estimate of drug-likeness (QED) is 0.134. The molecular weight excluding hydrogens is 394 g/mol. The maximum Gasteiger partial charge on any atom is 0.0258 e. The van der Waals surface area contributed by atoms with E-state index in [0.717, 1.165) is 0 Å². The van der Waals surface area contributed by atoms with Crippen molar-refractivity contribution in [3.05, 3.63) is 0 Å². The van der Waals surface area contributed by atoms with Gasteiger partial charge in [0.1, 0.15) is 0 Å². The van der Waals surface area contributed by atoms with Crippen LogP contribution in [-0.2, 0) is 0 Å². The molecule has 0 bridgehead atoms. The van der Waals surface area contributed by atoms with Crippen LogP contribution in [0.25, 0.3) is 0 Å². The molecule has 0 radical (unpaired) electrons. The van der Waals surface area contributed by atoms with Gasteiger partial charge in [-0.05, 0) is 19.3 Å². The summed E-state index contributed by atoms with van der Waals surface area (Å²) in [5, 5.41) is 0. The molecule has 4 N–H and O–H groups in total. The van der Waals surface area contributed by atoms with Crippen molar-refractivity contribution < 1.29 is 0 Å². The molecule has 0 saturated carbocycles. The third-order valence-corrected chi connectivity index (χ3v) is 7.12. The zero-order valence-electron chi connectivity index (χ0n) is 19.7. The molecule has 0 atom stereocenters. The van der Waals surface area contributed by atoms with Crippen molar-refractivity contribution in [3.8, 4) is 0 Å². The molecule has 0 unspecified atom stereocenters. The number of rotatable bonds is 21. The zero-order valence-corrected chi connectivity index (χ0v) is 21.3. The van der Waals surface area contributed by atoms with Gasteiger partial charge in [0, 0.05) is 4.32 Å². The Morgan fingerprint density at radius 3 is 0.889 bits per heavy atom. The monoisotopic (exact) mass is 448 g/mol. The second kappa shape index (κ2) is 22.7. The van der Waals surface area contributed by atoms with E-state index in [4.69, 9.17) is 0 Å². The van der Waals surface area contributed by atoms with Crippen LogP contribution >= 0.6 is 15.9 Å². The SMILES string of the molecule is CCCCCCCCC(Br)(CCCCCCCC)CCCCCCCC.[NH4+]. The first kappa shape index (κ1) is 29.6. The van der Waals surface area contributed by atoms with Crippen molar-refractivity contribution in [2.75, 3.05) is 0 Å². The second-order valence-corrected chi connectivity index (χ2v) is 10.4. The van der Waals surface area contributed by atoms with Crippen molar-refractivity contribution in [1.29, 1.82) is 0 Å². The van der Waals surface area contributed by atoms with E-state index in [2.05, 4.69) is 36.7 Å². The highest BCUT2D eigenvalue weighted by Gasteiger charge is 2.24. The average Bonchev–Trinajstić information content (AvgIpc) is 2.64. The number of alkyl halides is 1. The molecule has 0 amide bonds. The molecule has 166 valence electrons. The Bertz CT molecular complexity index is 226. The van der Waals surface area contributed by atoms with E-state index in [0.29, 0.717) is 4.32 Å². The summed E-state index contributed by atoms with van der Waals surface area (Å²) >= 11 is 4.23. The Labute approximate surface area is 182 Å². The first-order valence-electron chi connectivity index (χ1n) is 12.4. The summed E-state index contributed by atoms with van der Waals surface area (Å²) in [6.07, 6.45) is 29.9. The van der Waals surface area contributed by atoms with Crippen molar-refractivity contribution in [2.45, 2.75) is 160 Å². The summed E-state index contributed by atoms with van der Waals surface area (Å²) in [6, 6.07) is 0. The summed E-state index contributed by atoms with van der Waals surface area (Å²) in [6.45, 7) is 6.93. The van der Waals surface area contributed by atoms with E-state index in [-0.39, 0.29) is 6.15 Å².